The van der Waals surface area contributed by atoms with Crippen molar-refractivity contribution in [3.05, 3.63) is 48.0 Å². The Bertz CT molecular complexity index is 777. The molecule has 0 spiro atoms. The SMILES string of the molecule is Nc1nc2cc(-c3ccccc3C(F)(F)F)ccc2s1. The molecule has 6 heteroatoms. The summed E-state index contributed by atoms with van der Waals surface area (Å²) in [4.78, 5) is 4.11. The van der Waals surface area contributed by atoms with Crippen molar-refractivity contribution in [2.75, 3.05) is 5.73 Å². The zero-order valence-electron chi connectivity index (χ0n) is 10.1. The fourth-order valence-corrected chi connectivity index (χ4v) is 2.81. The minimum Gasteiger partial charge on any atom is -0.375 e. The second-order valence-corrected chi connectivity index (χ2v) is 5.34. The van der Waals surface area contributed by atoms with Gasteiger partial charge in [0.05, 0.1) is 15.8 Å². The molecular formula is C14H9F3N2S. The molecule has 1 aromatic heterocycles. The van der Waals surface area contributed by atoms with Gasteiger partial charge in [0.2, 0.25) is 0 Å². The highest BCUT2D eigenvalue weighted by Gasteiger charge is 2.33. The summed E-state index contributed by atoms with van der Waals surface area (Å²) in [5.74, 6) is 0. The highest BCUT2D eigenvalue weighted by atomic mass is 32.1. The molecule has 0 aliphatic rings. The van der Waals surface area contributed by atoms with Crippen LogP contribution in [0.25, 0.3) is 21.3 Å². The smallest absolute Gasteiger partial charge is 0.375 e. The Balaban J connectivity index is 2.20. The molecule has 0 unspecified atom stereocenters. The predicted molar refractivity (Wildman–Crippen MR) is 74.5 cm³/mol. The number of nitrogens with two attached hydrogens (primary N) is 1. The molecule has 0 atom stereocenters. The molecule has 1 heterocycles. The van der Waals surface area contributed by atoms with Gasteiger partial charge >= 0.3 is 6.18 Å². The van der Waals surface area contributed by atoms with E-state index in [-0.39, 0.29) is 5.56 Å². The number of aromatic nitrogens is 1. The first-order chi connectivity index (χ1) is 9.45. The standard InChI is InChI=1S/C14H9F3N2S/c15-14(16,17)10-4-2-1-3-9(10)8-5-6-12-11(7-8)19-13(18)20-12/h1-7H,(H2,18,19). The molecule has 3 aromatic rings. The van der Waals surface area contributed by atoms with Crippen molar-refractivity contribution in [1.29, 1.82) is 0 Å². The molecule has 2 N–H and O–H groups in total. The van der Waals surface area contributed by atoms with Crippen LogP contribution in [-0.2, 0) is 6.18 Å². The van der Waals surface area contributed by atoms with Crippen molar-refractivity contribution in [3.8, 4) is 11.1 Å². The number of nitrogens with zero attached hydrogens (tertiary/aromatic N) is 1. The zero-order chi connectivity index (χ0) is 14.3. The Kier molecular flexibility index (Phi) is 2.90. The van der Waals surface area contributed by atoms with Crippen LogP contribution in [0.15, 0.2) is 42.5 Å². The molecule has 0 bridgehead atoms. The van der Waals surface area contributed by atoms with E-state index in [1.807, 2.05) is 0 Å². The zero-order valence-corrected chi connectivity index (χ0v) is 10.9. The number of rotatable bonds is 1. The molecule has 2 nitrogen and oxygen atoms in total. The van der Waals surface area contributed by atoms with Crippen molar-refractivity contribution < 1.29 is 13.2 Å². The molecule has 0 amide bonds. The molecule has 0 fully saturated rings. The minimum absolute atomic E-state index is 0.147. The lowest BCUT2D eigenvalue weighted by Crippen LogP contribution is -2.06. The molecule has 102 valence electrons. The van der Waals surface area contributed by atoms with Gasteiger partial charge in [0, 0.05) is 0 Å². The number of alkyl halides is 3. The molecule has 0 radical (unpaired) electrons. The third-order valence-electron chi connectivity index (χ3n) is 2.95. The molecule has 20 heavy (non-hydrogen) atoms. The number of fused-ring (bicyclic) bond motifs is 1. The highest BCUT2D eigenvalue weighted by Crippen LogP contribution is 2.38. The first kappa shape index (κ1) is 12.9. The molecule has 0 aliphatic heterocycles. The Morgan fingerprint density at radius 1 is 1.05 bits per heavy atom. The summed E-state index contributed by atoms with van der Waals surface area (Å²) in [5.41, 5.74) is 6.20. The third kappa shape index (κ3) is 2.22. The summed E-state index contributed by atoms with van der Waals surface area (Å²) in [6, 6.07) is 10.5. The first-order valence-electron chi connectivity index (χ1n) is 5.78. The van der Waals surface area contributed by atoms with E-state index in [4.69, 9.17) is 5.73 Å². The quantitative estimate of drug-likeness (QED) is 0.714. The Morgan fingerprint density at radius 2 is 1.80 bits per heavy atom. The van der Waals surface area contributed by atoms with E-state index >= 15 is 0 Å². The largest absolute Gasteiger partial charge is 0.417 e. The van der Waals surface area contributed by atoms with Crippen LogP contribution in [0, 0.1) is 0 Å². The monoisotopic (exact) mass is 294 g/mol. The van der Waals surface area contributed by atoms with Crippen molar-refractivity contribution in [1.82, 2.24) is 4.98 Å². The summed E-state index contributed by atoms with van der Waals surface area (Å²) in [5, 5.41) is 0.404. The van der Waals surface area contributed by atoms with Gasteiger partial charge in [-0.2, -0.15) is 13.2 Å². The van der Waals surface area contributed by atoms with E-state index in [9.17, 15) is 13.2 Å². The molecule has 0 saturated carbocycles. The maximum atomic E-state index is 13.0. The Hall–Kier alpha value is -2.08. The molecule has 2 aromatic carbocycles. The number of thiazole rings is 1. The van der Waals surface area contributed by atoms with Gasteiger partial charge in [0.1, 0.15) is 0 Å². The Labute approximate surface area is 116 Å². The van der Waals surface area contributed by atoms with Gasteiger partial charge in [0.25, 0.3) is 0 Å². The van der Waals surface area contributed by atoms with Crippen LogP contribution in [0.1, 0.15) is 5.56 Å². The Morgan fingerprint density at radius 3 is 2.55 bits per heavy atom. The van der Waals surface area contributed by atoms with Crippen LogP contribution in [0.3, 0.4) is 0 Å². The number of benzene rings is 2. The number of hydrogen-bond donors (Lipinski definition) is 1. The number of nitrogen functional groups attached to an aromatic ring is 1. The summed E-state index contributed by atoms with van der Waals surface area (Å²) in [6.45, 7) is 0. The van der Waals surface area contributed by atoms with Crippen LogP contribution < -0.4 is 5.73 Å². The van der Waals surface area contributed by atoms with Gasteiger partial charge in [-0.15, -0.1) is 0 Å². The molecular weight excluding hydrogens is 285 g/mol. The first-order valence-corrected chi connectivity index (χ1v) is 6.59. The van der Waals surface area contributed by atoms with Crippen LogP contribution in [0.5, 0.6) is 0 Å². The number of hydrogen-bond acceptors (Lipinski definition) is 3. The van der Waals surface area contributed by atoms with E-state index in [0.29, 0.717) is 16.2 Å². The normalized spacial score (nSPS) is 11.9. The molecule has 0 aliphatic carbocycles. The van der Waals surface area contributed by atoms with Gasteiger partial charge in [-0.1, -0.05) is 35.6 Å². The van der Waals surface area contributed by atoms with Crippen molar-refractivity contribution in [2.24, 2.45) is 0 Å². The summed E-state index contributed by atoms with van der Waals surface area (Å²) in [7, 11) is 0. The molecule has 0 saturated heterocycles. The van der Waals surface area contributed by atoms with Gasteiger partial charge in [-0.3, -0.25) is 0 Å². The lowest BCUT2D eigenvalue weighted by molar-refractivity contribution is -0.137. The fourth-order valence-electron chi connectivity index (χ4n) is 2.09. The minimum atomic E-state index is -4.38. The predicted octanol–water partition coefficient (Wildman–Crippen LogP) is 4.56. The van der Waals surface area contributed by atoms with E-state index in [1.54, 1.807) is 24.3 Å². The number of anilines is 1. The fraction of sp³-hybridized carbons (Fsp3) is 0.0714. The average molecular weight is 294 g/mol. The van der Waals surface area contributed by atoms with Crippen LogP contribution in [0.4, 0.5) is 18.3 Å². The lowest BCUT2D eigenvalue weighted by Gasteiger charge is -2.12. The molecule has 3 rings (SSSR count). The topological polar surface area (TPSA) is 38.9 Å². The van der Waals surface area contributed by atoms with Gasteiger partial charge < -0.3 is 5.73 Å². The second-order valence-electron chi connectivity index (χ2n) is 4.28. The maximum Gasteiger partial charge on any atom is 0.417 e. The third-order valence-corrected chi connectivity index (χ3v) is 3.81. The van der Waals surface area contributed by atoms with Crippen molar-refractivity contribution >= 4 is 26.7 Å². The second kappa shape index (κ2) is 4.49. The summed E-state index contributed by atoms with van der Waals surface area (Å²) >= 11 is 1.31. The van der Waals surface area contributed by atoms with Crippen LogP contribution in [0.2, 0.25) is 0 Å². The van der Waals surface area contributed by atoms with Crippen molar-refractivity contribution in [3.63, 3.8) is 0 Å². The number of halogens is 3. The van der Waals surface area contributed by atoms with Gasteiger partial charge in [-0.05, 0) is 29.3 Å². The van der Waals surface area contributed by atoms with Gasteiger partial charge in [-0.25, -0.2) is 4.98 Å². The average Bonchev–Trinajstić information content (AvgIpc) is 2.76. The van der Waals surface area contributed by atoms with Crippen LogP contribution in [-0.4, -0.2) is 4.98 Å². The highest BCUT2D eigenvalue weighted by molar-refractivity contribution is 7.22. The lowest BCUT2D eigenvalue weighted by atomic mass is 9.99. The van der Waals surface area contributed by atoms with Crippen molar-refractivity contribution in [2.45, 2.75) is 6.18 Å². The summed E-state index contributed by atoms with van der Waals surface area (Å²) in [6.07, 6.45) is -4.38. The van der Waals surface area contributed by atoms with Crippen LogP contribution >= 0.6 is 11.3 Å². The summed E-state index contributed by atoms with van der Waals surface area (Å²) < 4.78 is 39.9. The van der Waals surface area contributed by atoms with Gasteiger partial charge in [0.15, 0.2) is 5.13 Å². The van der Waals surface area contributed by atoms with E-state index in [1.165, 1.54) is 23.5 Å². The maximum absolute atomic E-state index is 13.0. The van der Waals surface area contributed by atoms with E-state index in [0.717, 1.165) is 10.8 Å². The van der Waals surface area contributed by atoms with E-state index in [2.05, 4.69) is 4.98 Å². The van der Waals surface area contributed by atoms with E-state index < -0.39 is 11.7 Å².